The van der Waals surface area contributed by atoms with Crippen LogP contribution >= 0.6 is 0 Å². The van der Waals surface area contributed by atoms with Crippen molar-refractivity contribution in [2.45, 2.75) is 25.7 Å². The summed E-state index contributed by atoms with van der Waals surface area (Å²) in [7, 11) is -4.02. The third kappa shape index (κ3) is 6.89. The maximum absolute atomic E-state index is 12.3. The fourth-order valence-electron chi connectivity index (χ4n) is 3.46. The smallest absolute Gasteiger partial charge is 0.339 e. The number of carbonyl (C=O) groups excluding carboxylic acids is 1. The first kappa shape index (κ1) is 27.5. The fraction of sp³-hybridized carbons (Fsp3) is 0.148. The molecular weight excluding hydrogens is 466 g/mol. The van der Waals surface area contributed by atoms with Crippen molar-refractivity contribution in [1.82, 2.24) is 4.57 Å². The van der Waals surface area contributed by atoms with Crippen molar-refractivity contribution in [3.63, 3.8) is 0 Å². The van der Waals surface area contributed by atoms with Crippen molar-refractivity contribution in [3.8, 4) is 16.9 Å². The number of aromatic nitrogens is 1. The Kier molecular flexibility index (Phi) is 9.53. The topological polar surface area (TPSA) is 117 Å². The molecule has 35 heavy (non-hydrogen) atoms. The van der Waals surface area contributed by atoms with Crippen LogP contribution in [-0.4, -0.2) is 35.6 Å². The summed E-state index contributed by atoms with van der Waals surface area (Å²) in [4.78, 5) is 12.2. The van der Waals surface area contributed by atoms with Crippen molar-refractivity contribution in [1.29, 1.82) is 0 Å². The van der Waals surface area contributed by atoms with Gasteiger partial charge in [-0.2, -0.15) is 8.42 Å². The Morgan fingerprint density at radius 2 is 1.43 bits per heavy atom. The fourth-order valence-corrected chi connectivity index (χ4v) is 3.94. The first-order valence-corrected chi connectivity index (χ1v) is 12.2. The monoisotopic (exact) mass is 495 g/mol. The van der Waals surface area contributed by atoms with Gasteiger partial charge in [0, 0.05) is 11.4 Å². The molecule has 7 nitrogen and oxygen atoms in total. The van der Waals surface area contributed by atoms with E-state index in [-0.39, 0.29) is 16.3 Å². The van der Waals surface area contributed by atoms with E-state index in [0.29, 0.717) is 12.2 Å². The highest BCUT2D eigenvalue weighted by Crippen LogP contribution is 2.29. The number of aryl methyl sites for hydroxylation is 1. The van der Waals surface area contributed by atoms with Gasteiger partial charge in [-0.15, -0.1) is 0 Å². The number of nitrogens with zero attached hydrogens (tertiary/aromatic N) is 1. The van der Waals surface area contributed by atoms with Gasteiger partial charge < -0.3 is 14.8 Å². The van der Waals surface area contributed by atoms with E-state index in [1.165, 1.54) is 12.1 Å². The number of hydrogen-bond acceptors (Lipinski definition) is 4. The summed E-state index contributed by atoms with van der Waals surface area (Å²) >= 11 is 0. The van der Waals surface area contributed by atoms with Crippen molar-refractivity contribution in [2.75, 3.05) is 6.61 Å². The lowest BCUT2D eigenvalue weighted by atomic mass is 10.1. The van der Waals surface area contributed by atoms with Crippen LogP contribution in [0.2, 0.25) is 0 Å². The maximum Gasteiger partial charge on any atom is 0.339 e. The number of benzene rings is 3. The molecule has 8 heteroatoms. The van der Waals surface area contributed by atoms with Crippen LogP contribution in [0, 0.1) is 13.8 Å². The van der Waals surface area contributed by atoms with Gasteiger partial charge in [0.25, 0.3) is 10.1 Å². The summed E-state index contributed by atoms with van der Waals surface area (Å²) in [5, 5.41) is 0. The van der Waals surface area contributed by atoms with Crippen LogP contribution in [0.4, 0.5) is 0 Å². The molecule has 0 unspecified atom stereocenters. The minimum absolute atomic E-state index is 0. The van der Waals surface area contributed by atoms with Gasteiger partial charge in [0.1, 0.15) is 0 Å². The minimum Gasteiger partial charge on any atom is -0.462 e. The van der Waals surface area contributed by atoms with Crippen molar-refractivity contribution >= 4 is 16.1 Å². The molecule has 0 bridgehead atoms. The van der Waals surface area contributed by atoms with Crippen molar-refractivity contribution in [2.24, 2.45) is 0 Å². The molecule has 0 aliphatic heterocycles. The lowest BCUT2D eigenvalue weighted by molar-refractivity contribution is 0.0525. The normalized spacial score (nSPS) is 10.5. The van der Waals surface area contributed by atoms with E-state index in [2.05, 4.69) is 4.57 Å². The van der Waals surface area contributed by atoms with E-state index in [1.807, 2.05) is 87.5 Å². The average molecular weight is 496 g/mol. The number of hydrogen-bond donors (Lipinski definition) is 1. The van der Waals surface area contributed by atoms with Crippen LogP contribution < -0.4 is 0 Å². The van der Waals surface area contributed by atoms with Gasteiger partial charge in [0.15, 0.2) is 0 Å². The zero-order valence-corrected chi connectivity index (χ0v) is 20.6. The van der Waals surface area contributed by atoms with Gasteiger partial charge in [-0.1, -0.05) is 66.2 Å². The van der Waals surface area contributed by atoms with Gasteiger partial charge in [-0.05, 0) is 56.7 Å². The molecule has 0 atom stereocenters. The highest BCUT2D eigenvalue weighted by atomic mass is 32.2. The summed E-state index contributed by atoms with van der Waals surface area (Å²) in [6.45, 7) is 5.98. The number of esters is 1. The van der Waals surface area contributed by atoms with E-state index in [1.54, 1.807) is 12.1 Å². The standard InChI is InChI=1S/C20H19NO2.C7H8O3S.H2O/c1-3-23-20(22)18-14-19(16-10-6-4-7-11-16)21(15(18)2)17-12-8-5-9-13-17;1-6-2-4-7(5-3-6)11(8,9)10;/h4-14H,3H2,1-2H3;2-5H,1H3,(H,8,9,10);1H2. The van der Waals surface area contributed by atoms with E-state index in [9.17, 15) is 13.2 Å². The van der Waals surface area contributed by atoms with Gasteiger partial charge >= 0.3 is 5.97 Å². The SMILES string of the molecule is CCOC(=O)c1cc(-c2ccccc2)n(-c2ccccc2)c1C.Cc1ccc(S(=O)(=O)O)cc1.O. The first-order valence-electron chi connectivity index (χ1n) is 10.8. The van der Waals surface area contributed by atoms with Gasteiger partial charge in [0.2, 0.25) is 0 Å². The molecule has 0 radical (unpaired) electrons. The highest BCUT2D eigenvalue weighted by Gasteiger charge is 2.20. The predicted molar refractivity (Wildman–Crippen MR) is 137 cm³/mol. The van der Waals surface area contributed by atoms with Crippen LogP contribution in [0.1, 0.15) is 28.5 Å². The second kappa shape index (κ2) is 12.1. The molecule has 184 valence electrons. The Bertz CT molecular complexity index is 1350. The summed E-state index contributed by atoms with van der Waals surface area (Å²) in [5.74, 6) is -0.281. The highest BCUT2D eigenvalue weighted by molar-refractivity contribution is 7.85. The second-order valence-electron chi connectivity index (χ2n) is 7.57. The molecule has 0 amide bonds. The largest absolute Gasteiger partial charge is 0.462 e. The Labute approximate surface area is 205 Å². The molecule has 4 aromatic rings. The second-order valence-corrected chi connectivity index (χ2v) is 9.00. The molecule has 0 fully saturated rings. The van der Waals surface area contributed by atoms with E-state index in [4.69, 9.17) is 9.29 Å². The Morgan fingerprint density at radius 1 is 0.886 bits per heavy atom. The van der Waals surface area contributed by atoms with Crippen molar-refractivity contribution in [3.05, 3.63) is 108 Å². The van der Waals surface area contributed by atoms with Gasteiger partial charge in [-0.3, -0.25) is 4.55 Å². The molecule has 0 aliphatic carbocycles. The zero-order valence-electron chi connectivity index (χ0n) is 19.8. The lowest BCUT2D eigenvalue weighted by Crippen LogP contribution is -2.06. The number of ether oxygens (including phenoxy) is 1. The molecule has 0 saturated heterocycles. The quantitative estimate of drug-likeness (QED) is 0.307. The Morgan fingerprint density at radius 3 is 1.94 bits per heavy atom. The molecule has 0 aliphatic rings. The molecule has 3 aromatic carbocycles. The van der Waals surface area contributed by atoms with Gasteiger partial charge in [-0.25, -0.2) is 4.79 Å². The van der Waals surface area contributed by atoms with Gasteiger partial charge in [0.05, 0.1) is 22.8 Å². The Hall–Kier alpha value is -3.72. The zero-order chi connectivity index (χ0) is 24.7. The van der Waals surface area contributed by atoms with Crippen molar-refractivity contribution < 1.29 is 28.0 Å². The predicted octanol–water partition coefficient (Wildman–Crippen LogP) is 5.05. The number of carbonyl (C=O) groups is 1. The summed E-state index contributed by atoms with van der Waals surface area (Å²) in [6.07, 6.45) is 0. The Balaban J connectivity index is 0.000000305. The van der Waals surface area contributed by atoms with Crippen LogP contribution in [0.5, 0.6) is 0 Å². The molecule has 0 saturated carbocycles. The third-order valence-electron chi connectivity index (χ3n) is 5.15. The minimum atomic E-state index is -4.02. The van der Waals surface area contributed by atoms with Crippen LogP contribution in [0.25, 0.3) is 16.9 Å². The molecule has 0 spiro atoms. The number of rotatable bonds is 5. The number of para-hydroxylation sites is 1. The van der Waals surface area contributed by atoms with Crippen LogP contribution in [0.3, 0.4) is 0 Å². The molecule has 3 N–H and O–H groups in total. The average Bonchev–Trinajstić information content (AvgIpc) is 3.18. The maximum atomic E-state index is 12.3. The van der Waals surface area contributed by atoms with E-state index in [0.717, 1.165) is 28.2 Å². The summed E-state index contributed by atoms with van der Waals surface area (Å²) < 4.78 is 36.8. The van der Waals surface area contributed by atoms with Crippen LogP contribution in [0.15, 0.2) is 95.9 Å². The van der Waals surface area contributed by atoms with Crippen LogP contribution in [-0.2, 0) is 14.9 Å². The van der Waals surface area contributed by atoms with E-state index >= 15 is 0 Å². The molecule has 4 rings (SSSR count). The van der Waals surface area contributed by atoms with E-state index < -0.39 is 10.1 Å². The summed E-state index contributed by atoms with van der Waals surface area (Å²) in [6, 6.07) is 28.0. The lowest BCUT2D eigenvalue weighted by Gasteiger charge is -2.12. The first-order chi connectivity index (χ1) is 16.2. The third-order valence-corrected chi connectivity index (χ3v) is 6.01. The summed E-state index contributed by atoms with van der Waals surface area (Å²) in [5.41, 5.74) is 5.52. The molecular formula is C27H29NO6S. The molecule has 1 aromatic heterocycles. The molecule has 1 heterocycles.